The molecule has 0 radical (unpaired) electrons. The van der Waals surface area contributed by atoms with Crippen LogP contribution in [-0.4, -0.2) is 56.6 Å². The number of fused-ring (bicyclic) bond motifs is 1. The third kappa shape index (κ3) is 6.89. The Morgan fingerprint density at radius 3 is 2.52 bits per heavy atom. The van der Waals surface area contributed by atoms with Gasteiger partial charge in [0.15, 0.2) is 11.5 Å². The number of phenolic OH excluding ortho intramolecular Hbond substituents is 2. The van der Waals surface area contributed by atoms with Crippen molar-refractivity contribution in [2.75, 3.05) is 13.7 Å². The van der Waals surface area contributed by atoms with Crippen molar-refractivity contribution >= 4 is 10.8 Å². The summed E-state index contributed by atoms with van der Waals surface area (Å²) in [6, 6.07) is 12.1. The van der Waals surface area contributed by atoms with Gasteiger partial charge in [-0.1, -0.05) is 30.9 Å². The molecular weight excluding hydrogens is 508 g/mol. The second-order valence-electron chi connectivity index (χ2n) is 10.7. The fourth-order valence-electron chi connectivity index (χ4n) is 5.79. The molecule has 0 aliphatic heterocycles. The molecule has 0 saturated carbocycles. The quantitative estimate of drug-likeness (QED) is 0.215. The predicted molar refractivity (Wildman–Crippen MR) is 155 cm³/mol. The molecule has 0 saturated heterocycles. The number of aromatic hydroxyl groups is 2. The maximum absolute atomic E-state index is 11.3. The van der Waals surface area contributed by atoms with Crippen LogP contribution in [0.2, 0.25) is 0 Å². The average molecular weight is 549 g/mol. The number of hydrogen-bond donors (Lipinski definition) is 6. The molecular formula is C33H40O7. The maximum atomic E-state index is 11.3. The van der Waals surface area contributed by atoms with E-state index in [0.29, 0.717) is 48.8 Å². The van der Waals surface area contributed by atoms with E-state index in [1.54, 1.807) is 30.3 Å². The van der Waals surface area contributed by atoms with Crippen LogP contribution in [0.4, 0.5) is 0 Å². The fourth-order valence-corrected chi connectivity index (χ4v) is 5.79. The van der Waals surface area contributed by atoms with E-state index in [2.05, 4.69) is 11.8 Å². The topological polar surface area (TPSA) is 131 Å². The van der Waals surface area contributed by atoms with E-state index < -0.39 is 18.1 Å². The summed E-state index contributed by atoms with van der Waals surface area (Å²) in [5, 5.41) is 63.9. The molecule has 0 aromatic heterocycles. The van der Waals surface area contributed by atoms with E-state index in [4.69, 9.17) is 4.74 Å². The summed E-state index contributed by atoms with van der Waals surface area (Å²) in [4.78, 5) is 0. The van der Waals surface area contributed by atoms with Gasteiger partial charge in [0.2, 0.25) is 0 Å². The van der Waals surface area contributed by atoms with Gasteiger partial charge in [0, 0.05) is 30.4 Å². The second kappa shape index (κ2) is 13.9. The van der Waals surface area contributed by atoms with Gasteiger partial charge < -0.3 is 35.4 Å². The van der Waals surface area contributed by atoms with Crippen molar-refractivity contribution in [3.63, 3.8) is 0 Å². The highest BCUT2D eigenvalue weighted by Gasteiger charge is 2.28. The monoisotopic (exact) mass is 548 g/mol. The van der Waals surface area contributed by atoms with Gasteiger partial charge in [0.05, 0.1) is 25.9 Å². The summed E-state index contributed by atoms with van der Waals surface area (Å²) in [5.74, 6) is 6.51. The highest BCUT2D eigenvalue weighted by Crippen LogP contribution is 2.43. The smallest absolute Gasteiger partial charge is 0.168 e. The van der Waals surface area contributed by atoms with E-state index in [9.17, 15) is 30.6 Å². The van der Waals surface area contributed by atoms with Crippen molar-refractivity contribution in [2.24, 2.45) is 11.8 Å². The van der Waals surface area contributed by atoms with Crippen molar-refractivity contribution in [1.82, 2.24) is 0 Å². The van der Waals surface area contributed by atoms with Crippen LogP contribution in [0.25, 0.3) is 21.9 Å². The van der Waals surface area contributed by atoms with Gasteiger partial charge >= 0.3 is 0 Å². The Bertz CT molecular complexity index is 1360. The average Bonchev–Trinajstić information content (AvgIpc) is 2.95. The Morgan fingerprint density at radius 1 is 0.975 bits per heavy atom. The van der Waals surface area contributed by atoms with Crippen LogP contribution in [0, 0.1) is 23.7 Å². The lowest BCUT2D eigenvalue weighted by atomic mass is 9.84. The largest absolute Gasteiger partial charge is 0.508 e. The van der Waals surface area contributed by atoms with Crippen molar-refractivity contribution in [2.45, 2.75) is 70.2 Å². The zero-order valence-electron chi connectivity index (χ0n) is 23.0. The molecule has 40 heavy (non-hydrogen) atoms. The van der Waals surface area contributed by atoms with Crippen LogP contribution < -0.4 is 4.74 Å². The third-order valence-electron chi connectivity index (χ3n) is 8.03. The Labute approximate surface area is 235 Å². The van der Waals surface area contributed by atoms with Gasteiger partial charge in [0.25, 0.3) is 0 Å². The number of aryl methyl sites for hydroxylation is 1. The number of methoxy groups -OCH3 is 1. The highest BCUT2D eigenvalue weighted by molar-refractivity contribution is 5.92. The second-order valence-corrected chi connectivity index (χ2v) is 10.7. The minimum Gasteiger partial charge on any atom is -0.508 e. The lowest BCUT2D eigenvalue weighted by Gasteiger charge is -2.27. The van der Waals surface area contributed by atoms with Gasteiger partial charge in [-0.3, -0.25) is 0 Å². The number of hydrogen-bond acceptors (Lipinski definition) is 7. The molecule has 0 fully saturated rings. The first kappa shape index (κ1) is 29.7. The van der Waals surface area contributed by atoms with Crippen LogP contribution in [0.1, 0.15) is 56.1 Å². The molecule has 4 rings (SSSR count). The van der Waals surface area contributed by atoms with Crippen molar-refractivity contribution < 1.29 is 35.4 Å². The molecule has 1 aliphatic carbocycles. The fraction of sp³-hybridized carbons (Fsp3) is 0.455. The van der Waals surface area contributed by atoms with Gasteiger partial charge in [-0.2, -0.15) is 0 Å². The summed E-state index contributed by atoms with van der Waals surface area (Å²) in [6.07, 6.45) is 3.63. The van der Waals surface area contributed by atoms with E-state index in [1.807, 2.05) is 12.1 Å². The van der Waals surface area contributed by atoms with Crippen molar-refractivity contribution in [3.05, 3.63) is 53.6 Å². The zero-order chi connectivity index (χ0) is 28.6. The molecule has 4 unspecified atom stereocenters. The van der Waals surface area contributed by atoms with Gasteiger partial charge in [-0.15, -0.1) is 5.92 Å². The van der Waals surface area contributed by atoms with Gasteiger partial charge in [-0.25, -0.2) is 0 Å². The SMILES string of the molecule is COc1c(O)ccc(CCC(O)C2CC#CC(CCO)CCCCC2O)c1-c1cc2ccc(O)cc2cc1CO. The van der Waals surface area contributed by atoms with Crippen LogP contribution in [0.3, 0.4) is 0 Å². The number of aliphatic hydroxyl groups is 4. The van der Waals surface area contributed by atoms with Crippen LogP contribution in [0.15, 0.2) is 42.5 Å². The van der Waals surface area contributed by atoms with Crippen LogP contribution in [0.5, 0.6) is 17.2 Å². The molecule has 7 heteroatoms. The summed E-state index contributed by atoms with van der Waals surface area (Å²) in [5.41, 5.74) is 2.76. The van der Waals surface area contributed by atoms with E-state index in [1.165, 1.54) is 7.11 Å². The number of phenols is 2. The summed E-state index contributed by atoms with van der Waals surface area (Å²) in [7, 11) is 1.48. The molecule has 0 bridgehead atoms. The number of benzene rings is 3. The number of aliphatic hydroxyl groups excluding tert-OH is 4. The Morgan fingerprint density at radius 2 is 1.77 bits per heavy atom. The molecule has 3 aromatic carbocycles. The Hall–Kier alpha value is -3.28. The van der Waals surface area contributed by atoms with Crippen molar-refractivity contribution in [1.29, 1.82) is 0 Å². The van der Waals surface area contributed by atoms with Crippen LogP contribution in [-0.2, 0) is 13.0 Å². The first-order valence-corrected chi connectivity index (χ1v) is 14.1. The predicted octanol–water partition coefficient (Wildman–Crippen LogP) is 4.66. The molecule has 0 spiro atoms. The van der Waals surface area contributed by atoms with E-state index in [-0.39, 0.29) is 36.4 Å². The summed E-state index contributed by atoms with van der Waals surface area (Å²) < 4.78 is 5.62. The lowest BCUT2D eigenvalue weighted by Crippen LogP contribution is -2.32. The van der Waals surface area contributed by atoms with Crippen molar-refractivity contribution in [3.8, 4) is 40.2 Å². The summed E-state index contributed by atoms with van der Waals surface area (Å²) in [6.45, 7) is -0.157. The van der Waals surface area contributed by atoms with Gasteiger partial charge in [-0.05, 0) is 89.9 Å². The van der Waals surface area contributed by atoms with Gasteiger partial charge in [0.1, 0.15) is 5.75 Å². The molecule has 0 heterocycles. The highest BCUT2D eigenvalue weighted by atomic mass is 16.5. The molecule has 6 N–H and O–H groups in total. The molecule has 3 aromatic rings. The number of rotatable bonds is 9. The lowest BCUT2D eigenvalue weighted by molar-refractivity contribution is 0.00557. The molecule has 4 atom stereocenters. The minimum atomic E-state index is -0.801. The number of ether oxygens (including phenoxy) is 1. The normalized spacial score (nSPS) is 20.5. The third-order valence-corrected chi connectivity index (χ3v) is 8.03. The Balaban J connectivity index is 1.65. The first-order valence-electron chi connectivity index (χ1n) is 14.1. The maximum Gasteiger partial charge on any atom is 0.168 e. The Kier molecular flexibility index (Phi) is 10.3. The first-order chi connectivity index (χ1) is 19.4. The van der Waals surface area contributed by atoms with E-state index in [0.717, 1.165) is 35.6 Å². The minimum absolute atomic E-state index is 0.0352. The molecule has 214 valence electrons. The zero-order valence-corrected chi connectivity index (χ0v) is 23.0. The molecule has 1 aliphatic rings. The standard InChI is InChI=1S/C33H40O7/c1-40-33-31(39)14-11-22(32(33)28-19-23-9-12-26(36)18-24(23)17-25(28)20-35)10-13-30(38)27-7-4-6-21(15-16-34)5-2-3-8-29(27)37/h9,11-12,14,17-19,21,27,29-30,34-39H,2-3,5,7-8,10,13,15-16,20H2,1H3. The molecule has 0 amide bonds. The molecule has 7 nitrogen and oxygen atoms in total. The summed E-state index contributed by atoms with van der Waals surface area (Å²) >= 11 is 0. The van der Waals surface area contributed by atoms with Crippen LogP contribution >= 0.6 is 0 Å². The van der Waals surface area contributed by atoms with E-state index >= 15 is 0 Å².